The fourth-order valence-electron chi connectivity index (χ4n) is 0.813. The van der Waals surface area contributed by atoms with Crippen molar-refractivity contribution in [1.82, 2.24) is 0 Å². The molecule has 1 aromatic rings. The number of halogens is 1. The van der Waals surface area contributed by atoms with Crippen molar-refractivity contribution in [3.05, 3.63) is 34.7 Å². The Morgan fingerprint density at radius 2 is 2.25 bits per heavy atom. The van der Waals surface area contributed by atoms with Crippen LogP contribution >= 0.6 is 15.9 Å². The third-order valence-corrected chi connectivity index (χ3v) is 1.90. The molecular formula is C8H6BrNO2. The molecule has 62 valence electrons. The van der Waals surface area contributed by atoms with Gasteiger partial charge in [0, 0.05) is 5.56 Å². The van der Waals surface area contributed by atoms with Crippen molar-refractivity contribution >= 4 is 27.4 Å². The molecule has 0 spiro atoms. The summed E-state index contributed by atoms with van der Waals surface area (Å²) in [5.41, 5.74) is 0.783. The predicted octanol–water partition coefficient (Wildman–Crippen LogP) is 2.66. The Morgan fingerprint density at radius 1 is 1.50 bits per heavy atom. The van der Waals surface area contributed by atoms with Gasteiger partial charge in [-0.1, -0.05) is 28.1 Å². The van der Waals surface area contributed by atoms with Gasteiger partial charge in [-0.15, -0.1) is 4.91 Å². The van der Waals surface area contributed by atoms with Crippen LogP contribution in [0.15, 0.2) is 29.4 Å². The number of alkyl halides is 1. The van der Waals surface area contributed by atoms with E-state index in [1.165, 1.54) is 6.07 Å². The van der Waals surface area contributed by atoms with E-state index < -0.39 is 0 Å². The molecule has 0 aliphatic heterocycles. The highest BCUT2D eigenvalue weighted by atomic mass is 79.9. The maximum Gasteiger partial charge on any atom is 0.173 e. The standard InChI is InChI=1S/C8H6BrNO2/c9-5-8(11)6-2-1-3-7(4-6)10-12/h1-4H,5H2. The average Bonchev–Trinajstić information content (AvgIpc) is 2.17. The summed E-state index contributed by atoms with van der Waals surface area (Å²) in [5, 5.41) is 2.99. The minimum Gasteiger partial charge on any atom is -0.293 e. The molecule has 0 aliphatic rings. The molecule has 0 fully saturated rings. The summed E-state index contributed by atoms with van der Waals surface area (Å²) in [5.74, 6) is -0.0551. The largest absolute Gasteiger partial charge is 0.293 e. The van der Waals surface area contributed by atoms with Crippen LogP contribution in [0.5, 0.6) is 0 Å². The second kappa shape index (κ2) is 4.11. The Bertz CT molecular complexity index is 312. The average molecular weight is 228 g/mol. The number of benzene rings is 1. The van der Waals surface area contributed by atoms with Crippen LogP contribution < -0.4 is 0 Å². The van der Waals surface area contributed by atoms with E-state index in [9.17, 15) is 9.70 Å². The monoisotopic (exact) mass is 227 g/mol. The fraction of sp³-hybridized carbons (Fsp3) is 0.125. The molecule has 12 heavy (non-hydrogen) atoms. The van der Waals surface area contributed by atoms with Crippen molar-refractivity contribution in [1.29, 1.82) is 0 Å². The van der Waals surface area contributed by atoms with Crippen molar-refractivity contribution in [2.24, 2.45) is 5.18 Å². The highest BCUT2D eigenvalue weighted by molar-refractivity contribution is 9.09. The molecular weight excluding hydrogens is 222 g/mol. The molecule has 0 saturated carbocycles. The maximum absolute atomic E-state index is 11.1. The zero-order valence-electron chi connectivity index (χ0n) is 6.16. The summed E-state index contributed by atoms with van der Waals surface area (Å²) >= 11 is 3.04. The van der Waals surface area contributed by atoms with Gasteiger partial charge in [0.15, 0.2) is 5.78 Å². The number of hydrogen-bond acceptors (Lipinski definition) is 3. The van der Waals surface area contributed by atoms with Gasteiger partial charge in [-0.3, -0.25) is 4.79 Å². The Kier molecular flexibility index (Phi) is 3.10. The van der Waals surface area contributed by atoms with Gasteiger partial charge in [0.05, 0.1) is 5.33 Å². The molecule has 0 bridgehead atoms. The zero-order valence-corrected chi connectivity index (χ0v) is 7.74. The molecule has 0 heterocycles. The summed E-state index contributed by atoms with van der Waals surface area (Å²) in [6.45, 7) is 0. The molecule has 0 saturated heterocycles. The predicted molar refractivity (Wildman–Crippen MR) is 50.0 cm³/mol. The van der Waals surface area contributed by atoms with E-state index in [1.54, 1.807) is 18.2 Å². The lowest BCUT2D eigenvalue weighted by atomic mass is 10.1. The number of ketones is 1. The highest BCUT2D eigenvalue weighted by Crippen LogP contribution is 2.14. The van der Waals surface area contributed by atoms with Crippen molar-refractivity contribution in [3.63, 3.8) is 0 Å². The molecule has 3 nitrogen and oxygen atoms in total. The molecule has 4 heteroatoms. The van der Waals surface area contributed by atoms with Gasteiger partial charge in [-0.2, -0.15) is 0 Å². The van der Waals surface area contributed by atoms with Crippen molar-refractivity contribution in [2.45, 2.75) is 0 Å². The van der Waals surface area contributed by atoms with Crippen LogP contribution in [-0.4, -0.2) is 11.1 Å². The summed E-state index contributed by atoms with van der Waals surface area (Å²) < 4.78 is 0. The Hall–Kier alpha value is -1.03. The van der Waals surface area contributed by atoms with E-state index in [0.717, 1.165) is 0 Å². The Labute approximate surface area is 77.9 Å². The topological polar surface area (TPSA) is 46.5 Å². The zero-order chi connectivity index (χ0) is 8.97. The first-order valence-electron chi connectivity index (χ1n) is 3.30. The number of hydrogen-bond donors (Lipinski definition) is 0. The lowest BCUT2D eigenvalue weighted by molar-refractivity contribution is 0.102. The summed E-state index contributed by atoms with van der Waals surface area (Å²) in [4.78, 5) is 21.2. The van der Waals surface area contributed by atoms with Crippen molar-refractivity contribution < 1.29 is 4.79 Å². The van der Waals surface area contributed by atoms with E-state index in [0.29, 0.717) is 5.56 Å². The molecule has 0 N–H and O–H groups in total. The van der Waals surface area contributed by atoms with Crippen LogP contribution in [0.1, 0.15) is 10.4 Å². The third-order valence-electron chi connectivity index (χ3n) is 1.39. The third kappa shape index (κ3) is 1.98. The van der Waals surface area contributed by atoms with Crippen LogP contribution in [0.4, 0.5) is 5.69 Å². The smallest absolute Gasteiger partial charge is 0.173 e. The highest BCUT2D eigenvalue weighted by Gasteiger charge is 2.03. The summed E-state index contributed by atoms with van der Waals surface area (Å²) in [6, 6.07) is 6.31. The van der Waals surface area contributed by atoms with Gasteiger partial charge < -0.3 is 0 Å². The molecule has 0 atom stereocenters. The summed E-state index contributed by atoms with van der Waals surface area (Å²) in [6.07, 6.45) is 0. The SMILES string of the molecule is O=Nc1cccc(C(=O)CBr)c1. The number of carbonyl (C=O) groups is 1. The molecule has 0 radical (unpaired) electrons. The Balaban J connectivity index is 3.01. The molecule has 1 rings (SSSR count). The van der Waals surface area contributed by atoms with Crippen LogP contribution in [0, 0.1) is 4.91 Å². The second-order valence-electron chi connectivity index (χ2n) is 2.20. The van der Waals surface area contributed by atoms with E-state index in [4.69, 9.17) is 0 Å². The molecule has 0 unspecified atom stereocenters. The lowest BCUT2D eigenvalue weighted by Gasteiger charge is -1.95. The van der Waals surface area contributed by atoms with Crippen molar-refractivity contribution in [2.75, 3.05) is 5.33 Å². The molecule has 1 aromatic carbocycles. The van der Waals surface area contributed by atoms with E-state index >= 15 is 0 Å². The van der Waals surface area contributed by atoms with Gasteiger partial charge in [-0.05, 0) is 17.3 Å². The fourth-order valence-corrected chi connectivity index (χ4v) is 1.14. The van der Waals surface area contributed by atoms with Gasteiger partial charge >= 0.3 is 0 Å². The van der Waals surface area contributed by atoms with E-state index in [2.05, 4.69) is 21.1 Å². The maximum atomic E-state index is 11.1. The molecule has 0 amide bonds. The number of rotatable bonds is 3. The van der Waals surface area contributed by atoms with Gasteiger partial charge in [-0.25, -0.2) is 0 Å². The summed E-state index contributed by atoms with van der Waals surface area (Å²) in [7, 11) is 0. The minimum atomic E-state index is -0.0551. The first kappa shape index (κ1) is 9.06. The van der Waals surface area contributed by atoms with Crippen LogP contribution in [0.3, 0.4) is 0 Å². The van der Waals surface area contributed by atoms with E-state index in [-0.39, 0.29) is 16.8 Å². The van der Waals surface area contributed by atoms with Gasteiger partial charge in [0.25, 0.3) is 0 Å². The molecule has 0 aliphatic carbocycles. The number of carbonyl (C=O) groups excluding carboxylic acids is 1. The lowest BCUT2D eigenvalue weighted by Crippen LogP contribution is -1.98. The first-order valence-corrected chi connectivity index (χ1v) is 4.42. The van der Waals surface area contributed by atoms with Crippen molar-refractivity contribution in [3.8, 4) is 0 Å². The number of nitroso groups, excluding NO2 is 1. The number of Topliss-reactive ketones (excluding diaryl/α,β-unsaturated/α-hetero) is 1. The van der Waals surface area contributed by atoms with Gasteiger partial charge in [0.2, 0.25) is 0 Å². The quantitative estimate of drug-likeness (QED) is 0.453. The number of nitrogens with zero attached hydrogens (tertiary/aromatic N) is 1. The normalized spacial score (nSPS) is 9.42. The van der Waals surface area contributed by atoms with Crippen LogP contribution in [0.2, 0.25) is 0 Å². The first-order chi connectivity index (χ1) is 5.77. The molecule has 0 aromatic heterocycles. The van der Waals surface area contributed by atoms with Gasteiger partial charge in [0.1, 0.15) is 5.69 Å². The van der Waals surface area contributed by atoms with Crippen LogP contribution in [-0.2, 0) is 0 Å². The van der Waals surface area contributed by atoms with E-state index in [1.807, 2.05) is 0 Å². The van der Waals surface area contributed by atoms with Crippen LogP contribution in [0.25, 0.3) is 0 Å². The minimum absolute atomic E-state index is 0.0551. The Morgan fingerprint density at radius 3 is 2.83 bits per heavy atom. The second-order valence-corrected chi connectivity index (χ2v) is 2.76.